The van der Waals surface area contributed by atoms with Crippen LogP contribution in [0.2, 0.25) is 0 Å². The zero-order chi connectivity index (χ0) is 10.5. The number of rotatable bonds is 4. The molecule has 3 atom stereocenters. The maximum absolute atomic E-state index is 5.37. The minimum Gasteiger partial charge on any atom is -0.380 e. The lowest BCUT2D eigenvalue weighted by Gasteiger charge is -2.27. The molecule has 3 unspecified atom stereocenters. The van der Waals surface area contributed by atoms with Gasteiger partial charge in [-0.15, -0.1) is 0 Å². The van der Waals surface area contributed by atoms with Crippen LogP contribution in [0, 0.1) is 0 Å². The van der Waals surface area contributed by atoms with E-state index in [1.54, 1.807) is 0 Å². The fraction of sp³-hybridized carbons (Fsp3) is 1.00. The lowest BCUT2D eigenvalue weighted by atomic mass is 9.98. The van der Waals surface area contributed by atoms with Crippen LogP contribution in [-0.4, -0.2) is 37.9 Å². The quantitative estimate of drug-likeness (QED) is 0.736. The highest BCUT2D eigenvalue weighted by molar-refractivity contribution is 4.80. The molecule has 2 fully saturated rings. The van der Waals surface area contributed by atoms with E-state index in [0.29, 0.717) is 12.1 Å². The average molecular weight is 212 g/mol. The van der Waals surface area contributed by atoms with E-state index in [1.807, 2.05) is 0 Å². The fourth-order valence-corrected chi connectivity index (χ4v) is 2.69. The standard InChI is InChI=1S/C12H24N2O/c1-10(14-12-5-7-15-9-12)8-11-4-2-3-6-13-11/h10-14H,2-9H2,1H3. The van der Waals surface area contributed by atoms with Gasteiger partial charge in [-0.3, -0.25) is 0 Å². The molecule has 2 heterocycles. The highest BCUT2D eigenvalue weighted by Crippen LogP contribution is 2.13. The lowest BCUT2D eigenvalue weighted by molar-refractivity contribution is 0.187. The highest BCUT2D eigenvalue weighted by atomic mass is 16.5. The van der Waals surface area contributed by atoms with Crippen molar-refractivity contribution in [3.05, 3.63) is 0 Å². The molecule has 88 valence electrons. The number of hydrogen-bond acceptors (Lipinski definition) is 3. The van der Waals surface area contributed by atoms with Crippen LogP contribution in [0.5, 0.6) is 0 Å². The van der Waals surface area contributed by atoms with Gasteiger partial charge in [-0.05, 0) is 39.2 Å². The Morgan fingerprint density at radius 2 is 2.33 bits per heavy atom. The van der Waals surface area contributed by atoms with Crippen molar-refractivity contribution in [2.24, 2.45) is 0 Å². The molecule has 2 aliphatic heterocycles. The van der Waals surface area contributed by atoms with Gasteiger partial charge < -0.3 is 15.4 Å². The predicted octanol–water partition coefficient (Wildman–Crippen LogP) is 1.29. The summed E-state index contributed by atoms with van der Waals surface area (Å²) in [5, 5.41) is 7.26. The molecule has 0 amide bonds. The van der Waals surface area contributed by atoms with E-state index in [0.717, 1.165) is 19.3 Å². The second-order valence-electron chi connectivity index (χ2n) is 5.01. The molecule has 0 radical (unpaired) electrons. The second kappa shape index (κ2) is 5.83. The largest absolute Gasteiger partial charge is 0.380 e. The Labute approximate surface area is 93.0 Å². The van der Waals surface area contributed by atoms with E-state index in [1.165, 1.54) is 38.6 Å². The maximum Gasteiger partial charge on any atom is 0.0620 e. The number of ether oxygens (including phenoxy) is 1. The summed E-state index contributed by atoms with van der Waals surface area (Å²) in [7, 11) is 0. The van der Waals surface area contributed by atoms with Gasteiger partial charge in [-0.1, -0.05) is 6.42 Å². The Morgan fingerprint density at radius 3 is 3.00 bits per heavy atom. The Kier molecular flexibility index (Phi) is 4.42. The molecule has 3 nitrogen and oxygen atoms in total. The van der Waals surface area contributed by atoms with Crippen molar-refractivity contribution >= 4 is 0 Å². The molecule has 2 aliphatic rings. The molecule has 0 aromatic rings. The van der Waals surface area contributed by atoms with Gasteiger partial charge in [0.05, 0.1) is 6.61 Å². The van der Waals surface area contributed by atoms with Crippen molar-refractivity contribution in [1.29, 1.82) is 0 Å². The molecule has 2 saturated heterocycles. The van der Waals surface area contributed by atoms with E-state index in [-0.39, 0.29) is 0 Å². The molecular formula is C12H24N2O. The van der Waals surface area contributed by atoms with Crippen LogP contribution in [0.1, 0.15) is 39.0 Å². The molecule has 2 rings (SSSR count). The summed E-state index contributed by atoms with van der Waals surface area (Å²) in [6.45, 7) is 5.35. The van der Waals surface area contributed by atoms with Gasteiger partial charge in [0, 0.05) is 24.7 Å². The minimum absolute atomic E-state index is 0.601. The Bertz CT molecular complexity index is 174. The van der Waals surface area contributed by atoms with E-state index >= 15 is 0 Å². The Balaban J connectivity index is 1.64. The smallest absolute Gasteiger partial charge is 0.0620 e. The number of nitrogens with one attached hydrogen (secondary N) is 2. The van der Waals surface area contributed by atoms with Crippen molar-refractivity contribution in [2.45, 2.75) is 57.2 Å². The third kappa shape index (κ3) is 3.74. The third-order valence-electron chi connectivity index (χ3n) is 3.50. The first-order valence-corrected chi connectivity index (χ1v) is 6.42. The first-order valence-electron chi connectivity index (χ1n) is 6.42. The first-order chi connectivity index (χ1) is 7.34. The van der Waals surface area contributed by atoms with Gasteiger partial charge >= 0.3 is 0 Å². The van der Waals surface area contributed by atoms with Gasteiger partial charge in [0.2, 0.25) is 0 Å². The zero-order valence-corrected chi connectivity index (χ0v) is 9.80. The summed E-state index contributed by atoms with van der Waals surface area (Å²) in [5.74, 6) is 0. The molecule has 3 heteroatoms. The number of piperidine rings is 1. The van der Waals surface area contributed by atoms with Crippen molar-refractivity contribution in [2.75, 3.05) is 19.8 Å². The summed E-state index contributed by atoms with van der Waals surface area (Å²) >= 11 is 0. The van der Waals surface area contributed by atoms with E-state index in [4.69, 9.17) is 4.74 Å². The average Bonchev–Trinajstić information content (AvgIpc) is 2.71. The van der Waals surface area contributed by atoms with Crippen molar-refractivity contribution < 1.29 is 4.74 Å². The molecule has 0 spiro atoms. The molecule has 0 aromatic heterocycles. The predicted molar refractivity (Wildman–Crippen MR) is 62.1 cm³/mol. The van der Waals surface area contributed by atoms with Gasteiger partial charge in [0.25, 0.3) is 0 Å². The van der Waals surface area contributed by atoms with Crippen LogP contribution in [-0.2, 0) is 4.74 Å². The van der Waals surface area contributed by atoms with Gasteiger partial charge in [-0.2, -0.15) is 0 Å². The monoisotopic (exact) mass is 212 g/mol. The summed E-state index contributed by atoms with van der Waals surface area (Å²) in [5.41, 5.74) is 0. The molecule has 0 aromatic carbocycles. The zero-order valence-electron chi connectivity index (χ0n) is 9.80. The van der Waals surface area contributed by atoms with E-state index in [9.17, 15) is 0 Å². The summed E-state index contributed by atoms with van der Waals surface area (Å²) in [6, 6.07) is 1.96. The van der Waals surface area contributed by atoms with Crippen molar-refractivity contribution in [1.82, 2.24) is 10.6 Å². The minimum atomic E-state index is 0.601. The van der Waals surface area contributed by atoms with Crippen LogP contribution in [0.3, 0.4) is 0 Å². The van der Waals surface area contributed by atoms with E-state index < -0.39 is 0 Å². The van der Waals surface area contributed by atoms with Gasteiger partial charge in [0.1, 0.15) is 0 Å². The maximum atomic E-state index is 5.37. The second-order valence-corrected chi connectivity index (χ2v) is 5.01. The van der Waals surface area contributed by atoms with Crippen LogP contribution >= 0.6 is 0 Å². The van der Waals surface area contributed by atoms with Crippen molar-refractivity contribution in [3.8, 4) is 0 Å². The molecule has 15 heavy (non-hydrogen) atoms. The van der Waals surface area contributed by atoms with Crippen LogP contribution in [0.25, 0.3) is 0 Å². The molecule has 2 N–H and O–H groups in total. The lowest BCUT2D eigenvalue weighted by Crippen LogP contribution is -2.43. The SMILES string of the molecule is CC(CC1CCCCN1)NC1CCOC1. The summed E-state index contributed by atoms with van der Waals surface area (Å²) in [4.78, 5) is 0. The van der Waals surface area contributed by atoms with Crippen LogP contribution in [0.15, 0.2) is 0 Å². The summed E-state index contributed by atoms with van der Waals surface area (Å²) in [6.07, 6.45) is 6.55. The first kappa shape index (κ1) is 11.4. The Morgan fingerprint density at radius 1 is 1.40 bits per heavy atom. The van der Waals surface area contributed by atoms with E-state index in [2.05, 4.69) is 17.6 Å². The van der Waals surface area contributed by atoms with Gasteiger partial charge in [-0.25, -0.2) is 0 Å². The highest BCUT2D eigenvalue weighted by Gasteiger charge is 2.20. The third-order valence-corrected chi connectivity index (χ3v) is 3.50. The summed E-state index contributed by atoms with van der Waals surface area (Å²) < 4.78 is 5.37. The topological polar surface area (TPSA) is 33.3 Å². The Hall–Kier alpha value is -0.120. The van der Waals surface area contributed by atoms with Crippen LogP contribution in [0.4, 0.5) is 0 Å². The molecule has 0 bridgehead atoms. The van der Waals surface area contributed by atoms with Crippen LogP contribution < -0.4 is 10.6 Å². The molecule has 0 aliphatic carbocycles. The van der Waals surface area contributed by atoms with Gasteiger partial charge in [0.15, 0.2) is 0 Å². The van der Waals surface area contributed by atoms with Crippen molar-refractivity contribution in [3.63, 3.8) is 0 Å². The molecule has 0 saturated carbocycles. The normalized spacial score (nSPS) is 34.2. The number of hydrogen-bond donors (Lipinski definition) is 2. The fourth-order valence-electron chi connectivity index (χ4n) is 2.69. The molecular weight excluding hydrogens is 188 g/mol.